The first kappa shape index (κ1) is 19.5. The lowest BCUT2D eigenvalue weighted by molar-refractivity contribution is 0.130. The van der Waals surface area contributed by atoms with E-state index in [1.54, 1.807) is 0 Å². The lowest BCUT2D eigenvalue weighted by Gasteiger charge is -2.26. The Labute approximate surface area is 168 Å². The first-order valence-electron chi connectivity index (χ1n) is 10.8. The van der Waals surface area contributed by atoms with Gasteiger partial charge in [-0.1, -0.05) is 6.92 Å². The summed E-state index contributed by atoms with van der Waals surface area (Å²) in [6.07, 6.45) is 9.31. The van der Waals surface area contributed by atoms with Gasteiger partial charge in [0.15, 0.2) is 5.96 Å². The standard InChI is InChI=1S/C22H34N4O2/c1-17-3-5-19(6-4-17)28-20-13-18(7-10-24-20)14-25-21(23-2)26-11-8-22(15-26)9-12-27-16-22/h7,10,13,17,19H,3-6,8-9,11-12,14-16H2,1-2H3,(H,23,25). The highest BCUT2D eigenvalue weighted by atomic mass is 16.5. The summed E-state index contributed by atoms with van der Waals surface area (Å²) in [5.74, 6) is 2.55. The minimum Gasteiger partial charge on any atom is -0.474 e. The molecule has 6 heteroatoms. The number of hydrogen-bond donors (Lipinski definition) is 1. The highest BCUT2D eigenvalue weighted by Crippen LogP contribution is 2.38. The Kier molecular flexibility index (Phi) is 6.04. The zero-order valence-electron chi connectivity index (χ0n) is 17.3. The number of nitrogens with zero attached hydrogens (tertiary/aromatic N) is 3. The Balaban J connectivity index is 1.30. The Morgan fingerprint density at radius 3 is 2.96 bits per heavy atom. The zero-order valence-corrected chi connectivity index (χ0v) is 17.3. The van der Waals surface area contributed by atoms with Crippen molar-refractivity contribution in [2.75, 3.05) is 33.4 Å². The molecule has 0 aromatic carbocycles. The van der Waals surface area contributed by atoms with E-state index in [1.165, 1.54) is 31.2 Å². The monoisotopic (exact) mass is 386 g/mol. The van der Waals surface area contributed by atoms with E-state index in [4.69, 9.17) is 9.47 Å². The largest absolute Gasteiger partial charge is 0.474 e. The molecule has 1 atom stereocenters. The van der Waals surface area contributed by atoms with Crippen molar-refractivity contribution in [3.63, 3.8) is 0 Å². The van der Waals surface area contributed by atoms with Crippen molar-refractivity contribution >= 4 is 5.96 Å². The predicted octanol–water partition coefficient (Wildman–Crippen LogP) is 3.23. The second-order valence-corrected chi connectivity index (χ2v) is 8.88. The van der Waals surface area contributed by atoms with Gasteiger partial charge in [0, 0.05) is 51.0 Å². The van der Waals surface area contributed by atoms with Crippen LogP contribution in [0, 0.1) is 11.3 Å². The summed E-state index contributed by atoms with van der Waals surface area (Å²) < 4.78 is 11.8. The van der Waals surface area contributed by atoms with Crippen LogP contribution >= 0.6 is 0 Å². The van der Waals surface area contributed by atoms with Crippen LogP contribution < -0.4 is 10.1 Å². The third-order valence-corrected chi connectivity index (χ3v) is 6.63. The van der Waals surface area contributed by atoms with Gasteiger partial charge in [-0.05, 0) is 56.1 Å². The van der Waals surface area contributed by atoms with Gasteiger partial charge in [0.2, 0.25) is 5.88 Å². The maximum absolute atomic E-state index is 6.15. The normalized spacial score (nSPS) is 30.8. The van der Waals surface area contributed by atoms with Crippen molar-refractivity contribution in [1.29, 1.82) is 0 Å². The van der Waals surface area contributed by atoms with Crippen molar-refractivity contribution in [1.82, 2.24) is 15.2 Å². The van der Waals surface area contributed by atoms with Gasteiger partial charge in [-0.2, -0.15) is 0 Å². The second kappa shape index (κ2) is 8.68. The minimum absolute atomic E-state index is 0.314. The van der Waals surface area contributed by atoms with Crippen molar-refractivity contribution in [2.24, 2.45) is 16.3 Å². The molecule has 0 radical (unpaired) electrons. The van der Waals surface area contributed by atoms with Crippen molar-refractivity contribution in [2.45, 2.75) is 58.1 Å². The van der Waals surface area contributed by atoms with Crippen LogP contribution in [0.15, 0.2) is 23.3 Å². The molecule has 0 amide bonds. The number of likely N-dealkylation sites (tertiary alicyclic amines) is 1. The SMILES string of the molecule is CN=C(NCc1ccnc(OC2CCC(C)CC2)c1)N1CCC2(CCOC2)C1. The smallest absolute Gasteiger partial charge is 0.213 e. The van der Waals surface area contributed by atoms with Crippen LogP contribution in [0.1, 0.15) is 51.0 Å². The van der Waals surface area contributed by atoms with Gasteiger partial charge in [0.05, 0.1) is 6.61 Å². The molecule has 28 heavy (non-hydrogen) atoms. The molecule has 4 rings (SSSR count). The van der Waals surface area contributed by atoms with Crippen molar-refractivity contribution in [3.05, 3.63) is 23.9 Å². The molecule has 1 aromatic rings. The second-order valence-electron chi connectivity index (χ2n) is 8.88. The topological polar surface area (TPSA) is 59.0 Å². The number of aromatic nitrogens is 1. The molecule has 154 valence electrons. The molecule has 1 spiro atoms. The van der Waals surface area contributed by atoms with Gasteiger partial charge < -0.3 is 19.7 Å². The molecule has 3 aliphatic rings. The molecule has 1 N–H and O–H groups in total. The fourth-order valence-corrected chi connectivity index (χ4v) is 4.74. The van der Waals surface area contributed by atoms with E-state index >= 15 is 0 Å². The summed E-state index contributed by atoms with van der Waals surface area (Å²) in [6, 6.07) is 4.11. The van der Waals surface area contributed by atoms with Crippen LogP contribution in [0.2, 0.25) is 0 Å². The van der Waals surface area contributed by atoms with E-state index in [0.717, 1.165) is 63.4 Å². The Bertz CT molecular complexity index is 679. The van der Waals surface area contributed by atoms with E-state index in [0.29, 0.717) is 11.5 Å². The molecular weight excluding hydrogens is 352 g/mol. The van der Waals surface area contributed by atoms with E-state index in [2.05, 4.69) is 33.2 Å². The molecule has 6 nitrogen and oxygen atoms in total. The maximum atomic E-state index is 6.15. The Morgan fingerprint density at radius 1 is 1.36 bits per heavy atom. The Hall–Kier alpha value is -1.82. The Morgan fingerprint density at radius 2 is 2.21 bits per heavy atom. The average molecular weight is 387 g/mol. The van der Waals surface area contributed by atoms with E-state index in [-0.39, 0.29) is 0 Å². The van der Waals surface area contributed by atoms with Gasteiger partial charge in [-0.15, -0.1) is 0 Å². The lowest BCUT2D eigenvalue weighted by atomic mass is 9.87. The van der Waals surface area contributed by atoms with Crippen LogP contribution in [0.4, 0.5) is 0 Å². The first-order chi connectivity index (χ1) is 13.7. The summed E-state index contributed by atoms with van der Waals surface area (Å²) in [7, 11) is 1.86. The fourth-order valence-electron chi connectivity index (χ4n) is 4.74. The minimum atomic E-state index is 0.314. The number of nitrogens with one attached hydrogen (secondary N) is 1. The average Bonchev–Trinajstić information content (AvgIpc) is 3.35. The van der Waals surface area contributed by atoms with Gasteiger partial charge in [0.1, 0.15) is 6.10 Å². The number of guanidine groups is 1. The molecule has 1 unspecified atom stereocenters. The van der Waals surface area contributed by atoms with Crippen LogP contribution in [-0.4, -0.2) is 55.3 Å². The van der Waals surface area contributed by atoms with Crippen molar-refractivity contribution in [3.8, 4) is 5.88 Å². The summed E-state index contributed by atoms with van der Waals surface area (Å²) in [6.45, 7) is 6.94. The van der Waals surface area contributed by atoms with Crippen molar-refractivity contribution < 1.29 is 9.47 Å². The maximum Gasteiger partial charge on any atom is 0.213 e. The van der Waals surface area contributed by atoms with Gasteiger partial charge in [-0.25, -0.2) is 4.98 Å². The van der Waals surface area contributed by atoms with Gasteiger partial charge >= 0.3 is 0 Å². The fraction of sp³-hybridized carbons (Fsp3) is 0.727. The van der Waals surface area contributed by atoms with Crippen LogP contribution in [0.3, 0.4) is 0 Å². The predicted molar refractivity (Wildman–Crippen MR) is 111 cm³/mol. The number of hydrogen-bond acceptors (Lipinski definition) is 4. The molecule has 1 aromatic heterocycles. The molecule has 1 saturated carbocycles. The molecule has 1 aliphatic carbocycles. The van der Waals surface area contributed by atoms with Crippen LogP contribution in [0.25, 0.3) is 0 Å². The molecule has 2 aliphatic heterocycles. The van der Waals surface area contributed by atoms with Gasteiger partial charge in [0.25, 0.3) is 0 Å². The number of ether oxygens (including phenoxy) is 2. The molecular formula is C22H34N4O2. The molecule has 0 bridgehead atoms. The highest BCUT2D eigenvalue weighted by Gasteiger charge is 2.42. The molecule has 3 fully saturated rings. The van der Waals surface area contributed by atoms with E-state index < -0.39 is 0 Å². The van der Waals surface area contributed by atoms with Gasteiger partial charge in [-0.3, -0.25) is 4.99 Å². The first-order valence-corrected chi connectivity index (χ1v) is 10.8. The summed E-state index contributed by atoms with van der Waals surface area (Å²) in [5.41, 5.74) is 1.51. The number of rotatable bonds is 4. The van der Waals surface area contributed by atoms with Crippen LogP contribution in [-0.2, 0) is 11.3 Å². The zero-order chi connectivity index (χ0) is 19.4. The third-order valence-electron chi connectivity index (χ3n) is 6.63. The quantitative estimate of drug-likeness (QED) is 0.636. The van der Waals surface area contributed by atoms with E-state index in [1.807, 2.05) is 19.3 Å². The summed E-state index contributed by atoms with van der Waals surface area (Å²) in [5, 5.41) is 3.52. The lowest BCUT2D eigenvalue weighted by Crippen LogP contribution is -2.41. The summed E-state index contributed by atoms with van der Waals surface area (Å²) >= 11 is 0. The molecule has 2 saturated heterocycles. The number of pyridine rings is 1. The third kappa shape index (κ3) is 4.59. The number of aliphatic imine (C=N–C) groups is 1. The highest BCUT2D eigenvalue weighted by molar-refractivity contribution is 5.80. The van der Waals surface area contributed by atoms with E-state index in [9.17, 15) is 0 Å². The van der Waals surface area contributed by atoms with Crippen LogP contribution in [0.5, 0.6) is 5.88 Å². The summed E-state index contributed by atoms with van der Waals surface area (Å²) in [4.78, 5) is 11.3. The molecule has 3 heterocycles.